The van der Waals surface area contributed by atoms with Gasteiger partial charge >= 0.3 is 0 Å². The molecule has 0 amide bonds. The second-order valence-electron chi connectivity index (χ2n) is 6.20. The van der Waals surface area contributed by atoms with E-state index in [0.29, 0.717) is 16.9 Å². The number of fused-ring (bicyclic) bond motifs is 2. The van der Waals surface area contributed by atoms with E-state index in [1.54, 1.807) is 30.3 Å². The molecule has 0 unspecified atom stereocenters. The van der Waals surface area contributed by atoms with Crippen LogP contribution in [0.15, 0.2) is 54.6 Å². The van der Waals surface area contributed by atoms with Crippen LogP contribution in [0.25, 0.3) is 0 Å². The van der Waals surface area contributed by atoms with Crippen LogP contribution in [-0.2, 0) is 0 Å². The van der Waals surface area contributed by atoms with Crippen molar-refractivity contribution in [2.45, 2.75) is 6.92 Å². The number of hydrogen-bond donors (Lipinski definition) is 2. The number of nitrogen functional groups attached to an aromatic ring is 2. The summed E-state index contributed by atoms with van der Waals surface area (Å²) in [5.41, 5.74) is 14.4. The van der Waals surface area contributed by atoms with Crippen molar-refractivity contribution in [2.24, 2.45) is 0 Å². The molecule has 0 aliphatic heterocycles. The molecule has 1 aliphatic carbocycles. The molecular formula is C21H16N2O3. The van der Waals surface area contributed by atoms with Gasteiger partial charge in [-0.2, -0.15) is 0 Å². The highest BCUT2D eigenvalue weighted by atomic mass is 16.5. The van der Waals surface area contributed by atoms with Crippen molar-refractivity contribution >= 4 is 22.9 Å². The van der Waals surface area contributed by atoms with E-state index in [0.717, 1.165) is 5.56 Å². The number of hydrogen-bond acceptors (Lipinski definition) is 5. The molecule has 0 heterocycles. The van der Waals surface area contributed by atoms with Gasteiger partial charge in [0, 0.05) is 22.9 Å². The van der Waals surface area contributed by atoms with Crippen molar-refractivity contribution in [3.63, 3.8) is 0 Å². The summed E-state index contributed by atoms with van der Waals surface area (Å²) in [7, 11) is 0. The molecule has 3 aromatic carbocycles. The molecule has 0 spiro atoms. The summed E-state index contributed by atoms with van der Waals surface area (Å²) in [5, 5.41) is 0. The Kier molecular flexibility index (Phi) is 3.51. The Labute approximate surface area is 150 Å². The molecule has 26 heavy (non-hydrogen) atoms. The zero-order chi connectivity index (χ0) is 18.4. The monoisotopic (exact) mass is 344 g/mol. The molecular weight excluding hydrogens is 328 g/mol. The van der Waals surface area contributed by atoms with Crippen molar-refractivity contribution in [1.29, 1.82) is 0 Å². The second kappa shape index (κ2) is 5.74. The van der Waals surface area contributed by atoms with Gasteiger partial charge < -0.3 is 16.2 Å². The molecule has 0 saturated heterocycles. The van der Waals surface area contributed by atoms with E-state index in [9.17, 15) is 9.59 Å². The lowest BCUT2D eigenvalue weighted by Gasteiger charge is -2.22. The molecule has 4 N–H and O–H groups in total. The number of benzene rings is 3. The summed E-state index contributed by atoms with van der Waals surface area (Å²) >= 11 is 0. The van der Waals surface area contributed by atoms with Crippen molar-refractivity contribution in [1.82, 2.24) is 0 Å². The van der Waals surface area contributed by atoms with Crippen molar-refractivity contribution in [3.05, 3.63) is 82.4 Å². The predicted octanol–water partition coefficient (Wildman–Crippen LogP) is 3.73. The third-order valence-corrected chi connectivity index (χ3v) is 4.54. The summed E-state index contributed by atoms with van der Waals surface area (Å²) in [6.45, 7) is 1.90. The number of carbonyl (C=O) groups is 2. The fourth-order valence-corrected chi connectivity index (χ4v) is 3.20. The van der Waals surface area contributed by atoms with E-state index in [1.807, 2.05) is 25.1 Å². The fraction of sp³-hybridized carbons (Fsp3) is 0.0476. The summed E-state index contributed by atoms with van der Waals surface area (Å²) in [6, 6.07) is 15.6. The molecule has 3 aromatic rings. The summed E-state index contributed by atoms with van der Waals surface area (Å²) in [6.07, 6.45) is 0. The minimum absolute atomic E-state index is 0.109. The van der Waals surface area contributed by atoms with Gasteiger partial charge in [0.15, 0.2) is 17.3 Å². The standard InChI is InChI=1S/C21H16N2O3/c1-11-6-2-5-9-15(11)26-16-10-14(22)17-18(19(16)23)21(25)13-8-4-3-7-12(13)20(17)24/h2-10H,22-23H2,1H3. The Morgan fingerprint density at radius 1 is 0.769 bits per heavy atom. The molecule has 0 radical (unpaired) electrons. The number of rotatable bonds is 2. The maximum Gasteiger partial charge on any atom is 0.196 e. The number of aryl methyl sites for hydroxylation is 1. The Hall–Kier alpha value is -3.60. The van der Waals surface area contributed by atoms with Gasteiger partial charge in [0.05, 0.1) is 16.8 Å². The molecule has 1 aliphatic rings. The minimum Gasteiger partial charge on any atom is -0.455 e. The van der Waals surface area contributed by atoms with Crippen LogP contribution in [0, 0.1) is 6.92 Å². The summed E-state index contributed by atoms with van der Waals surface area (Å²) in [4.78, 5) is 25.8. The third kappa shape index (κ3) is 2.25. The average molecular weight is 344 g/mol. The van der Waals surface area contributed by atoms with Crippen LogP contribution in [0.3, 0.4) is 0 Å². The fourth-order valence-electron chi connectivity index (χ4n) is 3.20. The van der Waals surface area contributed by atoms with Crippen LogP contribution in [0.4, 0.5) is 11.4 Å². The molecule has 0 saturated carbocycles. The smallest absolute Gasteiger partial charge is 0.196 e. The maximum absolute atomic E-state index is 13.0. The first-order valence-electron chi connectivity index (χ1n) is 8.13. The van der Waals surface area contributed by atoms with Crippen LogP contribution < -0.4 is 16.2 Å². The number of anilines is 2. The second-order valence-corrected chi connectivity index (χ2v) is 6.20. The Balaban J connectivity index is 1.90. The van der Waals surface area contributed by atoms with E-state index >= 15 is 0 Å². The van der Waals surface area contributed by atoms with E-state index in [4.69, 9.17) is 16.2 Å². The van der Waals surface area contributed by atoms with Gasteiger partial charge in [0.2, 0.25) is 0 Å². The SMILES string of the molecule is Cc1ccccc1Oc1cc(N)c2c(c1N)C(=O)c1ccccc1C2=O. The lowest BCUT2D eigenvalue weighted by Crippen LogP contribution is -2.24. The van der Waals surface area contributed by atoms with E-state index in [2.05, 4.69) is 0 Å². The maximum atomic E-state index is 13.0. The van der Waals surface area contributed by atoms with Gasteiger partial charge in [-0.15, -0.1) is 0 Å². The number of nitrogens with two attached hydrogens (primary N) is 2. The first-order chi connectivity index (χ1) is 12.5. The zero-order valence-corrected chi connectivity index (χ0v) is 14.1. The van der Waals surface area contributed by atoms with Crippen LogP contribution >= 0.6 is 0 Å². The van der Waals surface area contributed by atoms with Crippen LogP contribution in [0.5, 0.6) is 11.5 Å². The zero-order valence-electron chi connectivity index (χ0n) is 14.1. The number of para-hydroxylation sites is 1. The van der Waals surface area contributed by atoms with Crippen LogP contribution in [0.2, 0.25) is 0 Å². The van der Waals surface area contributed by atoms with Gasteiger partial charge in [-0.25, -0.2) is 0 Å². The highest BCUT2D eigenvalue weighted by Crippen LogP contribution is 2.41. The van der Waals surface area contributed by atoms with Crippen molar-refractivity contribution < 1.29 is 14.3 Å². The third-order valence-electron chi connectivity index (χ3n) is 4.54. The van der Waals surface area contributed by atoms with E-state index in [1.165, 1.54) is 6.07 Å². The Bertz CT molecular complexity index is 1090. The van der Waals surface area contributed by atoms with Crippen molar-refractivity contribution in [2.75, 3.05) is 11.5 Å². The number of ketones is 2. The lowest BCUT2D eigenvalue weighted by molar-refractivity contribution is 0.0980. The molecule has 5 nitrogen and oxygen atoms in total. The van der Waals surface area contributed by atoms with Gasteiger partial charge in [0.1, 0.15) is 5.75 Å². The molecule has 5 heteroatoms. The molecule has 0 aromatic heterocycles. The largest absolute Gasteiger partial charge is 0.455 e. The number of ether oxygens (including phenoxy) is 1. The molecule has 128 valence electrons. The highest BCUT2D eigenvalue weighted by Gasteiger charge is 2.34. The van der Waals surface area contributed by atoms with E-state index in [-0.39, 0.29) is 39.8 Å². The average Bonchev–Trinajstić information content (AvgIpc) is 2.64. The first-order valence-corrected chi connectivity index (χ1v) is 8.13. The molecule has 0 bridgehead atoms. The topological polar surface area (TPSA) is 95.4 Å². The first kappa shape index (κ1) is 15.9. The molecule has 4 rings (SSSR count). The van der Waals surface area contributed by atoms with Gasteiger partial charge in [-0.05, 0) is 18.6 Å². The summed E-state index contributed by atoms with van der Waals surface area (Å²) < 4.78 is 5.89. The van der Waals surface area contributed by atoms with Crippen LogP contribution in [0.1, 0.15) is 37.4 Å². The normalized spacial score (nSPS) is 12.5. The van der Waals surface area contributed by atoms with Gasteiger partial charge in [-0.1, -0.05) is 42.5 Å². The Morgan fingerprint density at radius 2 is 1.35 bits per heavy atom. The number of carbonyl (C=O) groups excluding carboxylic acids is 2. The molecule has 0 atom stereocenters. The minimum atomic E-state index is -0.324. The van der Waals surface area contributed by atoms with Crippen LogP contribution in [-0.4, -0.2) is 11.6 Å². The predicted molar refractivity (Wildman–Crippen MR) is 99.8 cm³/mol. The molecule has 0 fully saturated rings. The summed E-state index contributed by atoms with van der Waals surface area (Å²) in [5.74, 6) is 0.237. The van der Waals surface area contributed by atoms with Gasteiger partial charge in [0.25, 0.3) is 0 Å². The van der Waals surface area contributed by atoms with E-state index < -0.39 is 0 Å². The quantitative estimate of drug-likeness (QED) is 0.540. The lowest BCUT2D eigenvalue weighted by atomic mass is 9.82. The van der Waals surface area contributed by atoms with Crippen molar-refractivity contribution in [3.8, 4) is 11.5 Å². The van der Waals surface area contributed by atoms with Gasteiger partial charge in [-0.3, -0.25) is 9.59 Å². The Morgan fingerprint density at radius 3 is 2.00 bits per heavy atom. The highest BCUT2D eigenvalue weighted by molar-refractivity contribution is 6.32.